The molecule has 0 fully saturated rings. The molecule has 0 heterocycles. The van der Waals surface area contributed by atoms with Crippen molar-refractivity contribution in [3.8, 4) is 0 Å². The Balaban J connectivity index is 2.74. The summed E-state index contributed by atoms with van der Waals surface area (Å²) in [5.74, 6) is 0. The summed E-state index contributed by atoms with van der Waals surface area (Å²) in [5.41, 5.74) is 1.77. The Labute approximate surface area is 102 Å². The second kappa shape index (κ2) is 5.70. The third-order valence-corrected chi connectivity index (χ3v) is 3.45. The maximum Gasteiger partial charge on any atom is 0.0942 e. The molecule has 1 aromatic carbocycles. The Morgan fingerprint density at radius 2 is 2.20 bits per heavy atom. The van der Waals surface area contributed by atoms with Crippen LogP contribution in [-0.4, -0.2) is 29.5 Å². The zero-order chi connectivity index (χ0) is 11.4. The molecule has 1 atom stereocenters. The lowest BCUT2D eigenvalue weighted by atomic mass is 10.2. The highest BCUT2D eigenvalue weighted by atomic mass is 79.9. The van der Waals surface area contributed by atoms with Crippen molar-refractivity contribution in [2.45, 2.75) is 13.0 Å². The van der Waals surface area contributed by atoms with Gasteiger partial charge in [0, 0.05) is 16.7 Å². The zero-order valence-electron chi connectivity index (χ0n) is 8.30. The van der Waals surface area contributed by atoms with Crippen molar-refractivity contribution in [1.29, 1.82) is 0 Å². The summed E-state index contributed by atoms with van der Waals surface area (Å²) in [4.78, 5) is 0. The Kier molecular flexibility index (Phi) is 4.86. The molecule has 1 aromatic rings. The predicted molar refractivity (Wildman–Crippen MR) is 65.5 cm³/mol. The summed E-state index contributed by atoms with van der Waals surface area (Å²) < 4.78 is 0.843. The van der Waals surface area contributed by atoms with Crippen LogP contribution >= 0.6 is 27.5 Å². The Morgan fingerprint density at radius 1 is 1.53 bits per heavy atom. The lowest BCUT2D eigenvalue weighted by Crippen LogP contribution is -2.23. The van der Waals surface area contributed by atoms with E-state index in [9.17, 15) is 5.11 Å². The molecule has 1 unspecified atom stereocenters. The van der Waals surface area contributed by atoms with Crippen molar-refractivity contribution in [2.24, 2.45) is 0 Å². The number of hydrogen-bond donors (Lipinski definition) is 3. The van der Waals surface area contributed by atoms with E-state index in [0.29, 0.717) is 11.6 Å². The minimum absolute atomic E-state index is 0.254. The van der Waals surface area contributed by atoms with Gasteiger partial charge in [-0.25, -0.2) is 0 Å². The standard InChI is InChI=1S/C10H13BrClNO2/c1-6-9(13-4-7(15)5-14)3-2-8(11)10(6)12/h2-3,7,13-15H,4-5H2,1H3. The average molecular weight is 295 g/mol. The molecule has 84 valence electrons. The Bertz CT molecular complexity index is 346. The van der Waals surface area contributed by atoms with Gasteiger partial charge in [-0.3, -0.25) is 0 Å². The van der Waals surface area contributed by atoms with Crippen LogP contribution in [0.25, 0.3) is 0 Å². The van der Waals surface area contributed by atoms with E-state index >= 15 is 0 Å². The third-order valence-electron chi connectivity index (χ3n) is 2.08. The minimum atomic E-state index is -0.758. The number of hydrogen-bond acceptors (Lipinski definition) is 3. The molecule has 0 aromatic heterocycles. The molecule has 0 spiro atoms. The summed E-state index contributed by atoms with van der Waals surface area (Å²) >= 11 is 9.36. The molecule has 1 rings (SSSR count). The third kappa shape index (κ3) is 3.34. The lowest BCUT2D eigenvalue weighted by Gasteiger charge is -2.13. The van der Waals surface area contributed by atoms with E-state index in [2.05, 4.69) is 21.2 Å². The summed E-state index contributed by atoms with van der Waals surface area (Å²) in [6.07, 6.45) is -0.758. The number of benzene rings is 1. The molecule has 0 aliphatic rings. The minimum Gasteiger partial charge on any atom is -0.394 e. The maximum absolute atomic E-state index is 9.18. The first kappa shape index (κ1) is 12.8. The highest BCUT2D eigenvalue weighted by Gasteiger charge is 2.07. The van der Waals surface area contributed by atoms with Crippen LogP contribution in [-0.2, 0) is 0 Å². The summed E-state index contributed by atoms with van der Waals surface area (Å²) in [7, 11) is 0. The van der Waals surface area contributed by atoms with Gasteiger partial charge in [0.25, 0.3) is 0 Å². The number of halogens is 2. The highest BCUT2D eigenvalue weighted by molar-refractivity contribution is 9.10. The van der Waals surface area contributed by atoms with Gasteiger partial charge in [0.05, 0.1) is 17.7 Å². The quantitative estimate of drug-likeness (QED) is 0.798. The molecule has 15 heavy (non-hydrogen) atoms. The van der Waals surface area contributed by atoms with E-state index < -0.39 is 6.10 Å². The predicted octanol–water partition coefficient (Wildman–Crippen LogP) is 2.18. The molecule has 3 N–H and O–H groups in total. The van der Waals surface area contributed by atoms with Gasteiger partial charge in [0.1, 0.15) is 0 Å². The van der Waals surface area contributed by atoms with Gasteiger partial charge in [-0.2, -0.15) is 0 Å². The Morgan fingerprint density at radius 3 is 2.80 bits per heavy atom. The first-order valence-corrected chi connectivity index (χ1v) is 5.70. The molecule has 0 saturated carbocycles. The molecule has 3 nitrogen and oxygen atoms in total. The molecule has 0 radical (unpaired) electrons. The van der Waals surface area contributed by atoms with E-state index in [1.54, 1.807) is 0 Å². The summed E-state index contributed by atoms with van der Waals surface area (Å²) in [5, 5.41) is 21.5. The zero-order valence-corrected chi connectivity index (χ0v) is 10.6. The van der Waals surface area contributed by atoms with Crippen molar-refractivity contribution < 1.29 is 10.2 Å². The van der Waals surface area contributed by atoms with E-state index in [-0.39, 0.29) is 6.61 Å². The Hall–Kier alpha value is -0.290. The fourth-order valence-electron chi connectivity index (χ4n) is 1.14. The summed E-state index contributed by atoms with van der Waals surface area (Å²) in [6, 6.07) is 3.71. The molecule has 0 aliphatic carbocycles. The molecular weight excluding hydrogens is 281 g/mol. The van der Waals surface area contributed by atoms with E-state index in [0.717, 1.165) is 15.7 Å². The van der Waals surface area contributed by atoms with Crippen LogP contribution in [0.5, 0.6) is 0 Å². The van der Waals surface area contributed by atoms with E-state index in [4.69, 9.17) is 16.7 Å². The van der Waals surface area contributed by atoms with Gasteiger partial charge in [-0.1, -0.05) is 11.6 Å². The monoisotopic (exact) mass is 293 g/mol. The fraction of sp³-hybridized carbons (Fsp3) is 0.400. The fourth-order valence-corrected chi connectivity index (χ4v) is 1.73. The molecule has 0 amide bonds. The lowest BCUT2D eigenvalue weighted by molar-refractivity contribution is 0.105. The molecular formula is C10H13BrClNO2. The number of rotatable bonds is 4. The number of aliphatic hydroxyl groups is 2. The molecule has 0 saturated heterocycles. The van der Waals surface area contributed by atoms with Crippen LogP contribution in [0.4, 0.5) is 5.69 Å². The van der Waals surface area contributed by atoms with Crippen LogP contribution in [0.3, 0.4) is 0 Å². The van der Waals surface area contributed by atoms with E-state index in [1.165, 1.54) is 0 Å². The van der Waals surface area contributed by atoms with Crippen molar-refractivity contribution in [1.82, 2.24) is 0 Å². The van der Waals surface area contributed by atoms with Crippen molar-refractivity contribution >= 4 is 33.2 Å². The SMILES string of the molecule is Cc1c(NCC(O)CO)ccc(Br)c1Cl. The van der Waals surface area contributed by atoms with Gasteiger partial charge < -0.3 is 15.5 Å². The van der Waals surface area contributed by atoms with Gasteiger partial charge >= 0.3 is 0 Å². The van der Waals surface area contributed by atoms with Crippen LogP contribution in [0.1, 0.15) is 5.56 Å². The smallest absolute Gasteiger partial charge is 0.0942 e. The highest BCUT2D eigenvalue weighted by Crippen LogP contribution is 2.30. The number of nitrogens with one attached hydrogen (secondary N) is 1. The number of aliphatic hydroxyl groups excluding tert-OH is 2. The normalized spacial score (nSPS) is 12.6. The number of anilines is 1. The molecule has 5 heteroatoms. The van der Waals surface area contributed by atoms with Crippen LogP contribution in [0.2, 0.25) is 5.02 Å². The van der Waals surface area contributed by atoms with Crippen LogP contribution in [0, 0.1) is 6.92 Å². The summed E-state index contributed by atoms with van der Waals surface area (Å²) in [6.45, 7) is 1.94. The second-order valence-corrected chi connectivity index (χ2v) is 4.48. The van der Waals surface area contributed by atoms with Gasteiger partial charge in [-0.05, 0) is 40.5 Å². The van der Waals surface area contributed by atoms with Crippen LogP contribution in [0.15, 0.2) is 16.6 Å². The van der Waals surface area contributed by atoms with Gasteiger partial charge in [0.2, 0.25) is 0 Å². The largest absolute Gasteiger partial charge is 0.394 e. The van der Waals surface area contributed by atoms with Gasteiger partial charge in [-0.15, -0.1) is 0 Å². The molecule has 0 bridgehead atoms. The maximum atomic E-state index is 9.18. The van der Waals surface area contributed by atoms with Crippen molar-refractivity contribution in [3.05, 3.63) is 27.2 Å². The first-order chi connectivity index (χ1) is 7.06. The second-order valence-electron chi connectivity index (χ2n) is 3.25. The van der Waals surface area contributed by atoms with Gasteiger partial charge in [0.15, 0.2) is 0 Å². The molecule has 0 aliphatic heterocycles. The van der Waals surface area contributed by atoms with Crippen molar-refractivity contribution in [3.63, 3.8) is 0 Å². The average Bonchev–Trinajstić information content (AvgIpc) is 2.24. The topological polar surface area (TPSA) is 52.5 Å². The van der Waals surface area contributed by atoms with Crippen LogP contribution < -0.4 is 5.32 Å². The van der Waals surface area contributed by atoms with Crippen molar-refractivity contribution in [2.75, 3.05) is 18.5 Å². The van der Waals surface area contributed by atoms with E-state index in [1.807, 2.05) is 19.1 Å². The first-order valence-electron chi connectivity index (χ1n) is 4.53.